The molecule has 0 aliphatic carbocycles. The Morgan fingerprint density at radius 2 is 2.13 bits per heavy atom. The molecule has 3 nitrogen and oxygen atoms in total. The van der Waals surface area contributed by atoms with Gasteiger partial charge >= 0.3 is 0 Å². The lowest BCUT2D eigenvalue weighted by molar-refractivity contribution is 0.103. The van der Waals surface area contributed by atoms with Gasteiger partial charge in [-0.3, -0.25) is 9.78 Å². The molecule has 15 heavy (non-hydrogen) atoms. The average Bonchev–Trinajstić information content (AvgIpc) is 2.63. The molecule has 0 N–H and O–H groups in total. The van der Waals surface area contributed by atoms with Crippen LogP contribution in [0, 0.1) is 13.8 Å². The van der Waals surface area contributed by atoms with Crippen molar-refractivity contribution in [1.29, 1.82) is 0 Å². The molecule has 0 saturated carbocycles. The number of carbonyl (C=O) groups is 1. The number of hydrogen-bond acceptors (Lipinski definition) is 3. The molecule has 0 aliphatic heterocycles. The Bertz CT molecular complexity index is 500. The first-order valence-corrected chi connectivity index (χ1v) is 4.69. The molecule has 0 saturated heterocycles. The largest absolute Gasteiger partial charge is 0.469 e. The molecule has 3 heteroatoms. The number of pyridine rings is 1. The molecule has 0 fully saturated rings. The van der Waals surface area contributed by atoms with E-state index in [0.29, 0.717) is 16.9 Å². The summed E-state index contributed by atoms with van der Waals surface area (Å²) < 4.78 is 5.10. The second kappa shape index (κ2) is 3.69. The van der Waals surface area contributed by atoms with Crippen molar-refractivity contribution in [3.05, 3.63) is 53.2 Å². The fraction of sp³-hybridized carbons (Fsp3) is 0.167. The fourth-order valence-electron chi connectivity index (χ4n) is 1.46. The molecule has 2 aromatic heterocycles. The molecule has 0 atom stereocenters. The fourth-order valence-corrected chi connectivity index (χ4v) is 1.46. The minimum atomic E-state index is -0.0440. The Balaban J connectivity index is 2.41. The second-order valence-corrected chi connectivity index (χ2v) is 3.47. The standard InChI is InChI=1S/C12H11NO2/c1-8-5-10(7-13-6-8)12(14)11-3-4-15-9(11)2/h3-7H,1-2H3. The Kier molecular flexibility index (Phi) is 2.37. The summed E-state index contributed by atoms with van der Waals surface area (Å²) in [5, 5.41) is 0. The van der Waals surface area contributed by atoms with E-state index >= 15 is 0 Å². The SMILES string of the molecule is Cc1cncc(C(=O)c2ccoc2C)c1. The van der Waals surface area contributed by atoms with Crippen molar-refractivity contribution in [2.24, 2.45) is 0 Å². The zero-order valence-corrected chi connectivity index (χ0v) is 8.65. The highest BCUT2D eigenvalue weighted by atomic mass is 16.3. The average molecular weight is 201 g/mol. The van der Waals surface area contributed by atoms with Crippen LogP contribution >= 0.6 is 0 Å². The van der Waals surface area contributed by atoms with Gasteiger partial charge in [0.15, 0.2) is 5.78 Å². The van der Waals surface area contributed by atoms with Crippen molar-refractivity contribution in [3.63, 3.8) is 0 Å². The third-order valence-electron chi connectivity index (χ3n) is 2.24. The Morgan fingerprint density at radius 1 is 1.33 bits per heavy atom. The van der Waals surface area contributed by atoms with Crippen molar-refractivity contribution in [2.75, 3.05) is 0 Å². The topological polar surface area (TPSA) is 43.1 Å². The molecule has 0 aliphatic rings. The summed E-state index contributed by atoms with van der Waals surface area (Å²) in [5.41, 5.74) is 2.17. The molecule has 0 bridgehead atoms. The minimum absolute atomic E-state index is 0.0440. The first-order chi connectivity index (χ1) is 7.18. The van der Waals surface area contributed by atoms with E-state index in [0.717, 1.165) is 5.56 Å². The van der Waals surface area contributed by atoms with Crippen molar-refractivity contribution in [2.45, 2.75) is 13.8 Å². The van der Waals surface area contributed by atoms with Crippen LogP contribution in [0.1, 0.15) is 27.2 Å². The lowest BCUT2D eigenvalue weighted by Crippen LogP contribution is -2.02. The van der Waals surface area contributed by atoms with Crippen LogP contribution in [0.5, 0.6) is 0 Å². The molecule has 76 valence electrons. The van der Waals surface area contributed by atoms with Crippen LogP contribution in [-0.4, -0.2) is 10.8 Å². The van der Waals surface area contributed by atoms with Gasteiger partial charge < -0.3 is 4.42 Å². The zero-order chi connectivity index (χ0) is 10.8. The van der Waals surface area contributed by atoms with Crippen LogP contribution in [0.4, 0.5) is 0 Å². The monoisotopic (exact) mass is 201 g/mol. The maximum absolute atomic E-state index is 12.0. The number of aryl methyl sites for hydroxylation is 2. The Hall–Kier alpha value is -1.90. The summed E-state index contributed by atoms with van der Waals surface area (Å²) in [6.07, 6.45) is 4.81. The van der Waals surface area contributed by atoms with E-state index in [1.807, 2.05) is 13.0 Å². The molecule has 0 spiro atoms. The van der Waals surface area contributed by atoms with Gasteiger partial charge in [0.05, 0.1) is 11.8 Å². The number of furan rings is 1. The molecule has 0 radical (unpaired) electrons. The van der Waals surface area contributed by atoms with Crippen molar-refractivity contribution in [1.82, 2.24) is 4.98 Å². The maximum Gasteiger partial charge on any atom is 0.198 e. The van der Waals surface area contributed by atoms with E-state index in [9.17, 15) is 4.79 Å². The highest BCUT2D eigenvalue weighted by molar-refractivity contribution is 6.09. The number of aromatic nitrogens is 1. The molecule has 0 amide bonds. The Labute approximate surface area is 87.8 Å². The summed E-state index contributed by atoms with van der Waals surface area (Å²) in [4.78, 5) is 16.0. The number of hydrogen-bond donors (Lipinski definition) is 0. The quantitative estimate of drug-likeness (QED) is 0.701. The van der Waals surface area contributed by atoms with Gasteiger partial charge in [-0.15, -0.1) is 0 Å². The van der Waals surface area contributed by atoms with E-state index in [2.05, 4.69) is 4.98 Å². The van der Waals surface area contributed by atoms with Gasteiger partial charge in [-0.1, -0.05) is 0 Å². The third-order valence-corrected chi connectivity index (χ3v) is 2.24. The summed E-state index contributed by atoms with van der Waals surface area (Å²) >= 11 is 0. The van der Waals surface area contributed by atoms with Crippen molar-refractivity contribution >= 4 is 5.78 Å². The van der Waals surface area contributed by atoms with Crippen LogP contribution in [0.3, 0.4) is 0 Å². The second-order valence-electron chi connectivity index (χ2n) is 3.47. The van der Waals surface area contributed by atoms with E-state index in [4.69, 9.17) is 4.42 Å². The summed E-state index contributed by atoms with van der Waals surface area (Å²) in [6, 6.07) is 3.50. The highest BCUT2D eigenvalue weighted by Gasteiger charge is 2.13. The van der Waals surface area contributed by atoms with Gasteiger partial charge in [-0.05, 0) is 31.5 Å². The van der Waals surface area contributed by atoms with E-state index in [1.54, 1.807) is 25.4 Å². The normalized spacial score (nSPS) is 10.3. The first-order valence-electron chi connectivity index (χ1n) is 4.69. The summed E-state index contributed by atoms with van der Waals surface area (Å²) in [7, 11) is 0. The van der Waals surface area contributed by atoms with Crippen LogP contribution in [-0.2, 0) is 0 Å². The van der Waals surface area contributed by atoms with Crippen LogP contribution in [0.25, 0.3) is 0 Å². The van der Waals surface area contributed by atoms with Gasteiger partial charge in [0.25, 0.3) is 0 Å². The first kappa shape index (κ1) is 9.65. The molecular formula is C12H11NO2. The van der Waals surface area contributed by atoms with Gasteiger partial charge in [-0.25, -0.2) is 0 Å². The van der Waals surface area contributed by atoms with E-state index in [1.165, 1.54) is 6.26 Å². The Morgan fingerprint density at radius 3 is 2.73 bits per heavy atom. The van der Waals surface area contributed by atoms with Crippen LogP contribution < -0.4 is 0 Å². The van der Waals surface area contributed by atoms with Crippen molar-refractivity contribution in [3.8, 4) is 0 Å². The van der Waals surface area contributed by atoms with Crippen LogP contribution in [0.2, 0.25) is 0 Å². The predicted octanol–water partition coefficient (Wildman–Crippen LogP) is 2.52. The molecular weight excluding hydrogens is 190 g/mol. The summed E-state index contributed by atoms with van der Waals surface area (Å²) in [5.74, 6) is 0.596. The number of ketones is 1. The summed E-state index contributed by atoms with van der Waals surface area (Å²) in [6.45, 7) is 3.68. The predicted molar refractivity (Wildman–Crippen MR) is 55.9 cm³/mol. The zero-order valence-electron chi connectivity index (χ0n) is 8.65. The lowest BCUT2D eigenvalue weighted by atomic mass is 10.1. The lowest BCUT2D eigenvalue weighted by Gasteiger charge is -1.99. The molecule has 2 heterocycles. The highest BCUT2D eigenvalue weighted by Crippen LogP contribution is 2.14. The van der Waals surface area contributed by atoms with E-state index in [-0.39, 0.29) is 5.78 Å². The van der Waals surface area contributed by atoms with E-state index < -0.39 is 0 Å². The maximum atomic E-state index is 12.0. The van der Waals surface area contributed by atoms with Gasteiger partial charge in [-0.2, -0.15) is 0 Å². The molecule has 0 aromatic carbocycles. The molecule has 0 unspecified atom stereocenters. The van der Waals surface area contributed by atoms with Crippen molar-refractivity contribution < 1.29 is 9.21 Å². The van der Waals surface area contributed by atoms with Gasteiger partial charge in [0, 0.05) is 18.0 Å². The smallest absolute Gasteiger partial charge is 0.198 e. The molecule has 2 rings (SSSR count). The number of carbonyl (C=O) groups excluding carboxylic acids is 1. The minimum Gasteiger partial charge on any atom is -0.469 e. The number of rotatable bonds is 2. The number of nitrogens with zero attached hydrogens (tertiary/aromatic N) is 1. The van der Waals surface area contributed by atoms with Gasteiger partial charge in [0.1, 0.15) is 5.76 Å². The van der Waals surface area contributed by atoms with Crippen LogP contribution in [0.15, 0.2) is 35.2 Å². The third kappa shape index (κ3) is 1.81. The molecule has 2 aromatic rings. The van der Waals surface area contributed by atoms with Gasteiger partial charge in [0.2, 0.25) is 0 Å².